The van der Waals surface area contributed by atoms with Crippen LogP contribution in [0.25, 0.3) is 0 Å². The van der Waals surface area contributed by atoms with Crippen molar-refractivity contribution in [1.82, 2.24) is 51.8 Å². The minimum atomic E-state index is -1.48. The third-order valence-electron chi connectivity index (χ3n) is 9.37. The predicted molar refractivity (Wildman–Crippen MR) is 232 cm³/mol. The first-order valence-electron chi connectivity index (χ1n) is 20.6. The average Bonchev–Trinajstić information content (AvgIpc) is 3.97. The summed E-state index contributed by atoms with van der Waals surface area (Å²) >= 11 is 0. The topological polar surface area (TPSA) is 487 Å². The number of rotatable bonds is 32. The molecular formula is C37H62N18O10. The average molecular weight is 919 g/mol. The van der Waals surface area contributed by atoms with E-state index in [1.54, 1.807) is 0 Å². The molecule has 6 atom stereocenters. The number of carboxylic acids is 2. The minimum Gasteiger partial charge on any atom is -0.481 e. The molecule has 0 saturated carbocycles. The van der Waals surface area contributed by atoms with Crippen LogP contribution in [0.15, 0.2) is 35.0 Å². The van der Waals surface area contributed by atoms with Gasteiger partial charge in [-0.25, -0.2) is 9.97 Å². The molecule has 0 aliphatic carbocycles. The summed E-state index contributed by atoms with van der Waals surface area (Å²) < 4.78 is 0. The Labute approximate surface area is 373 Å². The van der Waals surface area contributed by atoms with Gasteiger partial charge in [0.1, 0.15) is 36.8 Å². The van der Waals surface area contributed by atoms with Crippen LogP contribution in [0.3, 0.4) is 0 Å². The fraction of sp³-hybridized carbons (Fsp3) is 0.568. The molecule has 0 fully saturated rings. The monoisotopic (exact) mass is 918 g/mol. The Morgan fingerprint density at radius 2 is 1.00 bits per heavy atom. The van der Waals surface area contributed by atoms with Crippen molar-refractivity contribution in [2.45, 2.75) is 107 Å². The number of aromatic amines is 2. The third kappa shape index (κ3) is 22.0. The van der Waals surface area contributed by atoms with Crippen LogP contribution >= 0.6 is 0 Å². The Hall–Kier alpha value is -7.36. The molecule has 0 aliphatic rings. The second kappa shape index (κ2) is 29.1. The maximum absolute atomic E-state index is 14.2. The van der Waals surface area contributed by atoms with Crippen molar-refractivity contribution in [3.63, 3.8) is 0 Å². The Bertz CT molecular complexity index is 1900. The predicted octanol–water partition coefficient (Wildman–Crippen LogP) is -6.03. The van der Waals surface area contributed by atoms with E-state index in [1.165, 1.54) is 25.0 Å². The molecule has 0 radical (unpaired) electrons. The summed E-state index contributed by atoms with van der Waals surface area (Å²) in [6.07, 6.45) is 5.39. The van der Waals surface area contributed by atoms with Gasteiger partial charge in [-0.3, -0.25) is 48.3 Å². The SMILES string of the molecule is NCCCC[C@H](NC(=O)[C@H](CCCN=C(N)N)NC(=O)[C@H](Cc1cnc[nH]1)NC(=O)[C@H](CCC(=O)O)NC(=O)[C@@H](N)Cc1cnc[nH]1)C(=O)N[C@@H](CCCN=C(N)N)C(=O)NCC(=O)O. The summed E-state index contributed by atoms with van der Waals surface area (Å²) in [4.78, 5) is 126. The summed E-state index contributed by atoms with van der Waals surface area (Å²) in [7, 11) is 0. The number of hydrogen-bond acceptors (Lipinski definition) is 14. The maximum Gasteiger partial charge on any atom is 0.322 e. The van der Waals surface area contributed by atoms with E-state index in [2.05, 4.69) is 61.8 Å². The normalized spacial score (nSPS) is 13.6. The Kier molecular flexibility index (Phi) is 24.1. The molecule has 65 heavy (non-hydrogen) atoms. The smallest absolute Gasteiger partial charge is 0.322 e. The molecule has 22 N–H and O–H groups in total. The first kappa shape index (κ1) is 53.8. The van der Waals surface area contributed by atoms with Crippen LogP contribution < -0.4 is 66.3 Å². The van der Waals surface area contributed by atoms with Crippen LogP contribution in [0.4, 0.5) is 0 Å². The molecular weight excluding hydrogens is 857 g/mol. The molecule has 360 valence electrons. The zero-order valence-electron chi connectivity index (χ0n) is 35.8. The van der Waals surface area contributed by atoms with Gasteiger partial charge in [-0.1, -0.05) is 0 Å². The van der Waals surface area contributed by atoms with Crippen molar-refractivity contribution in [3.8, 4) is 0 Å². The van der Waals surface area contributed by atoms with E-state index in [4.69, 9.17) is 39.5 Å². The fourth-order valence-electron chi connectivity index (χ4n) is 6.05. The fourth-order valence-corrected chi connectivity index (χ4v) is 6.05. The molecule has 2 aromatic heterocycles. The number of nitrogens with two attached hydrogens (primary N) is 6. The lowest BCUT2D eigenvalue weighted by atomic mass is 10.0. The number of imidazole rings is 2. The molecule has 6 amide bonds. The van der Waals surface area contributed by atoms with E-state index in [0.29, 0.717) is 24.2 Å². The van der Waals surface area contributed by atoms with E-state index in [1.807, 2.05) is 0 Å². The first-order valence-corrected chi connectivity index (χ1v) is 20.6. The van der Waals surface area contributed by atoms with Crippen LogP contribution in [0, 0.1) is 0 Å². The Balaban J connectivity index is 2.42. The number of aliphatic imine (C=N–C) groups is 2. The highest BCUT2D eigenvalue weighted by atomic mass is 16.4. The van der Waals surface area contributed by atoms with E-state index in [9.17, 15) is 43.5 Å². The standard InChI is InChI=1S/C37H62N18O10/c38-10-2-1-5-24(32(62)52-23(6-3-11-46-36(40)41)31(61)48-17-29(58)59)53-33(63)25(7-4-12-47-37(42)43)54-35(65)27(14-21-16-45-19-50-21)55-34(64)26(8-9-28(56)57)51-30(60)22(39)13-20-15-44-18-49-20/h15-16,18-19,22-27H,1-14,17,38-39H2,(H,44,49)(H,45,50)(H,48,61)(H,51,60)(H,52,62)(H,53,63)(H,54,65)(H,55,64)(H,56,57)(H,58,59)(H4,40,41,46)(H4,42,43,47)/t22-,23-,24-,25-,26-,27-/m0/s1. The van der Waals surface area contributed by atoms with Crippen molar-refractivity contribution in [1.29, 1.82) is 0 Å². The van der Waals surface area contributed by atoms with Crippen molar-refractivity contribution in [3.05, 3.63) is 36.4 Å². The van der Waals surface area contributed by atoms with E-state index < -0.39 is 96.6 Å². The van der Waals surface area contributed by atoms with Gasteiger partial charge in [0.2, 0.25) is 35.4 Å². The van der Waals surface area contributed by atoms with Gasteiger partial charge in [0.15, 0.2) is 11.9 Å². The van der Waals surface area contributed by atoms with Crippen molar-refractivity contribution in [2.75, 3.05) is 26.2 Å². The number of H-pyrrole nitrogens is 2. The highest BCUT2D eigenvalue weighted by Crippen LogP contribution is 2.10. The number of aromatic nitrogens is 4. The van der Waals surface area contributed by atoms with Crippen molar-refractivity contribution >= 4 is 59.3 Å². The van der Waals surface area contributed by atoms with Crippen LogP contribution in [-0.2, 0) is 51.2 Å². The van der Waals surface area contributed by atoms with Crippen molar-refractivity contribution in [2.24, 2.45) is 44.4 Å². The van der Waals surface area contributed by atoms with Gasteiger partial charge in [-0.15, -0.1) is 0 Å². The molecule has 28 heteroatoms. The largest absolute Gasteiger partial charge is 0.481 e. The summed E-state index contributed by atoms with van der Waals surface area (Å²) in [5.41, 5.74) is 34.4. The van der Waals surface area contributed by atoms with Gasteiger partial charge in [-0.2, -0.15) is 0 Å². The van der Waals surface area contributed by atoms with Crippen LogP contribution in [-0.4, -0.2) is 152 Å². The Morgan fingerprint density at radius 3 is 1.45 bits per heavy atom. The molecule has 28 nitrogen and oxygen atoms in total. The number of aliphatic carboxylic acids is 2. The maximum atomic E-state index is 14.2. The summed E-state index contributed by atoms with van der Waals surface area (Å²) in [5, 5.41) is 33.5. The van der Waals surface area contributed by atoms with E-state index in [-0.39, 0.29) is 82.9 Å². The molecule has 0 aromatic carbocycles. The number of nitrogens with zero attached hydrogens (tertiary/aromatic N) is 4. The number of hydrogen-bond donors (Lipinski definition) is 16. The van der Waals surface area contributed by atoms with E-state index >= 15 is 0 Å². The summed E-state index contributed by atoms with van der Waals surface area (Å²) in [5.74, 6) is -8.19. The van der Waals surface area contributed by atoms with Crippen LogP contribution in [0.5, 0.6) is 0 Å². The number of carbonyl (C=O) groups excluding carboxylic acids is 6. The lowest BCUT2D eigenvalue weighted by molar-refractivity contribution is -0.139. The zero-order valence-corrected chi connectivity index (χ0v) is 35.8. The molecule has 2 rings (SSSR count). The Morgan fingerprint density at radius 1 is 0.569 bits per heavy atom. The second-order valence-electron chi connectivity index (χ2n) is 14.7. The van der Waals surface area contributed by atoms with Gasteiger partial charge < -0.3 is 86.5 Å². The molecule has 0 bridgehead atoms. The number of amides is 6. The van der Waals surface area contributed by atoms with Crippen molar-refractivity contribution < 1.29 is 48.6 Å². The highest BCUT2D eigenvalue weighted by Gasteiger charge is 2.33. The van der Waals surface area contributed by atoms with Crippen LogP contribution in [0.2, 0.25) is 0 Å². The molecule has 0 saturated heterocycles. The van der Waals surface area contributed by atoms with Gasteiger partial charge in [0.25, 0.3) is 0 Å². The van der Waals surface area contributed by atoms with Gasteiger partial charge in [-0.05, 0) is 57.9 Å². The van der Waals surface area contributed by atoms with Gasteiger partial charge >= 0.3 is 11.9 Å². The number of nitrogens with one attached hydrogen (secondary N) is 8. The molecule has 0 unspecified atom stereocenters. The minimum absolute atomic E-state index is 0.00946. The molecule has 0 aliphatic heterocycles. The highest BCUT2D eigenvalue weighted by molar-refractivity contribution is 5.97. The molecule has 0 spiro atoms. The zero-order chi connectivity index (χ0) is 48.3. The number of carboxylic acid groups (broad SMARTS) is 2. The lowest BCUT2D eigenvalue weighted by Crippen LogP contribution is -2.60. The lowest BCUT2D eigenvalue weighted by Gasteiger charge is -2.27. The summed E-state index contributed by atoms with van der Waals surface area (Å²) in [6, 6.07) is -8.10. The number of carbonyl (C=O) groups is 8. The quantitative estimate of drug-likeness (QED) is 0.0184. The van der Waals surface area contributed by atoms with E-state index in [0.717, 1.165) is 0 Å². The van der Waals surface area contributed by atoms with Crippen LogP contribution in [0.1, 0.15) is 69.2 Å². The van der Waals surface area contributed by atoms with Gasteiger partial charge in [0.05, 0.1) is 18.7 Å². The molecule has 2 heterocycles. The molecule has 2 aromatic rings. The third-order valence-corrected chi connectivity index (χ3v) is 9.37. The first-order chi connectivity index (χ1) is 30.9. The number of guanidine groups is 2. The van der Waals surface area contributed by atoms with Gasteiger partial charge in [0, 0.05) is 56.1 Å². The summed E-state index contributed by atoms with van der Waals surface area (Å²) in [6.45, 7) is -0.382. The second-order valence-corrected chi connectivity index (χ2v) is 14.7. The number of unbranched alkanes of at least 4 members (excludes halogenated alkanes) is 1.